The van der Waals surface area contributed by atoms with Gasteiger partial charge in [-0.2, -0.15) is 0 Å². The van der Waals surface area contributed by atoms with Gasteiger partial charge in [0.2, 0.25) is 0 Å². The second-order valence-electron chi connectivity index (χ2n) is 3.19. The fraction of sp³-hybridized carbons (Fsp3) is 0.300. The molecule has 6 heteroatoms. The summed E-state index contributed by atoms with van der Waals surface area (Å²) in [6.07, 6.45) is 3.18. The minimum atomic E-state index is -0.114. The number of aromatic nitrogens is 1. The smallest absolute Gasteiger partial charge is 0.252 e. The molecule has 4 nitrogen and oxygen atoms in total. The van der Waals surface area contributed by atoms with E-state index in [1.807, 2.05) is 19.0 Å². The Kier molecular flexibility index (Phi) is 5.21. The molecule has 0 radical (unpaired) electrons. The van der Waals surface area contributed by atoms with Crippen molar-refractivity contribution in [3.63, 3.8) is 0 Å². The fourth-order valence-corrected chi connectivity index (χ4v) is 1.66. The zero-order valence-corrected chi connectivity index (χ0v) is 10.8. The maximum Gasteiger partial charge on any atom is 0.252 e. The number of nitrogens with zero attached hydrogens (tertiary/aromatic N) is 2. The molecule has 0 aliphatic rings. The summed E-state index contributed by atoms with van der Waals surface area (Å²) in [5.41, 5.74) is 0.603. The zero-order chi connectivity index (χ0) is 12.0. The Morgan fingerprint density at radius 3 is 2.69 bits per heavy atom. The lowest BCUT2D eigenvalue weighted by molar-refractivity contribution is 0.0961. The molecule has 1 aromatic rings. The summed E-state index contributed by atoms with van der Waals surface area (Å²) in [6, 6.07) is 3.34. The quantitative estimate of drug-likeness (QED) is 0.652. The molecule has 86 valence electrons. The molecule has 0 aliphatic carbocycles. The molecular formula is C10H13N3OS2. The summed E-state index contributed by atoms with van der Waals surface area (Å²) in [6.45, 7) is 0. The van der Waals surface area contributed by atoms with E-state index in [0.717, 1.165) is 4.32 Å². The van der Waals surface area contributed by atoms with Gasteiger partial charge in [-0.05, 0) is 12.1 Å². The van der Waals surface area contributed by atoms with Crippen molar-refractivity contribution in [2.45, 2.75) is 0 Å². The number of hydrogen-bond donors (Lipinski definition) is 1. The summed E-state index contributed by atoms with van der Waals surface area (Å²) < 4.78 is 0.745. The van der Waals surface area contributed by atoms with Crippen LogP contribution in [0.4, 0.5) is 0 Å². The van der Waals surface area contributed by atoms with E-state index in [2.05, 4.69) is 10.3 Å². The highest BCUT2D eigenvalue weighted by atomic mass is 32.2. The van der Waals surface area contributed by atoms with Gasteiger partial charge in [0.1, 0.15) is 4.32 Å². The minimum absolute atomic E-state index is 0.114. The van der Waals surface area contributed by atoms with Crippen molar-refractivity contribution in [1.82, 2.24) is 15.2 Å². The van der Waals surface area contributed by atoms with Crippen molar-refractivity contribution in [3.05, 3.63) is 30.1 Å². The van der Waals surface area contributed by atoms with Gasteiger partial charge in [0.25, 0.3) is 5.91 Å². The largest absolute Gasteiger partial charge is 0.364 e. The van der Waals surface area contributed by atoms with Crippen LogP contribution in [0.1, 0.15) is 10.4 Å². The van der Waals surface area contributed by atoms with Crippen LogP contribution >= 0.6 is 24.0 Å². The van der Waals surface area contributed by atoms with Crippen LogP contribution in [0.2, 0.25) is 0 Å². The van der Waals surface area contributed by atoms with Gasteiger partial charge in [-0.1, -0.05) is 24.0 Å². The molecule has 1 amide bonds. The molecule has 1 heterocycles. The van der Waals surface area contributed by atoms with Crippen molar-refractivity contribution in [1.29, 1.82) is 0 Å². The standard InChI is InChI=1S/C10H13N3OS2/c1-13(2)10(15)16-7-12-9(14)8-3-5-11-6-4-8/h3-6H,7H2,1-2H3,(H,12,14). The maximum atomic E-state index is 11.6. The highest BCUT2D eigenvalue weighted by Gasteiger charge is 2.05. The maximum absolute atomic E-state index is 11.6. The predicted molar refractivity (Wildman–Crippen MR) is 70.4 cm³/mol. The van der Waals surface area contributed by atoms with E-state index in [-0.39, 0.29) is 5.91 Å². The molecular weight excluding hydrogens is 242 g/mol. The van der Waals surface area contributed by atoms with Gasteiger partial charge in [-0.15, -0.1) is 0 Å². The molecule has 0 saturated carbocycles. The number of nitrogens with one attached hydrogen (secondary N) is 1. The Hall–Kier alpha value is -1.14. The summed E-state index contributed by atoms with van der Waals surface area (Å²) >= 11 is 6.49. The first-order chi connectivity index (χ1) is 7.61. The molecule has 0 fully saturated rings. The lowest BCUT2D eigenvalue weighted by Gasteiger charge is -2.12. The number of pyridine rings is 1. The lowest BCUT2D eigenvalue weighted by atomic mass is 10.2. The van der Waals surface area contributed by atoms with Crippen LogP contribution in [0.3, 0.4) is 0 Å². The first-order valence-electron chi connectivity index (χ1n) is 4.63. The van der Waals surface area contributed by atoms with Crippen LogP contribution in [0.25, 0.3) is 0 Å². The number of hydrogen-bond acceptors (Lipinski definition) is 4. The molecule has 0 aromatic carbocycles. The molecule has 1 aromatic heterocycles. The van der Waals surface area contributed by atoms with E-state index >= 15 is 0 Å². The minimum Gasteiger partial charge on any atom is -0.364 e. The van der Waals surface area contributed by atoms with Crippen molar-refractivity contribution in [2.24, 2.45) is 0 Å². The average molecular weight is 255 g/mol. The predicted octanol–water partition coefficient (Wildman–Crippen LogP) is 1.35. The topological polar surface area (TPSA) is 45.2 Å². The summed E-state index contributed by atoms with van der Waals surface area (Å²) in [7, 11) is 3.75. The van der Waals surface area contributed by atoms with Crippen LogP contribution in [0, 0.1) is 0 Å². The molecule has 0 bridgehead atoms. The van der Waals surface area contributed by atoms with Crippen LogP contribution < -0.4 is 5.32 Å². The molecule has 1 rings (SSSR count). The third-order valence-corrected chi connectivity index (χ3v) is 3.36. The molecule has 1 N–H and O–H groups in total. The van der Waals surface area contributed by atoms with Crippen LogP contribution in [-0.2, 0) is 0 Å². The van der Waals surface area contributed by atoms with Gasteiger partial charge in [-0.3, -0.25) is 9.78 Å². The van der Waals surface area contributed by atoms with E-state index in [1.165, 1.54) is 11.8 Å². The van der Waals surface area contributed by atoms with Crippen molar-refractivity contribution in [2.75, 3.05) is 20.0 Å². The van der Waals surface area contributed by atoms with Crippen molar-refractivity contribution < 1.29 is 4.79 Å². The normalized spacial score (nSPS) is 9.62. The second-order valence-corrected chi connectivity index (χ2v) is 4.80. The monoisotopic (exact) mass is 255 g/mol. The van der Waals surface area contributed by atoms with Crippen molar-refractivity contribution >= 4 is 34.2 Å². The van der Waals surface area contributed by atoms with Gasteiger partial charge in [0.15, 0.2) is 0 Å². The third-order valence-electron chi connectivity index (χ3n) is 1.74. The number of rotatable bonds is 3. The Bertz CT molecular complexity index is 368. The first kappa shape index (κ1) is 12.9. The average Bonchev–Trinajstić information content (AvgIpc) is 2.29. The van der Waals surface area contributed by atoms with Crippen LogP contribution in [0.15, 0.2) is 24.5 Å². The fourth-order valence-electron chi connectivity index (χ4n) is 0.898. The van der Waals surface area contributed by atoms with Crippen LogP contribution in [-0.4, -0.2) is 40.1 Å². The van der Waals surface area contributed by atoms with Gasteiger partial charge in [0, 0.05) is 32.1 Å². The van der Waals surface area contributed by atoms with Gasteiger partial charge in [0.05, 0.1) is 5.88 Å². The Morgan fingerprint density at radius 1 is 1.50 bits per heavy atom. The number of carbonyl (C=O) groups excluding carboxylic acids is 1. The summed E-state index contributed by atoms with van der Waals surface area (Å²) in [5, 5.41) is 2.77. The number of carbonyl (C=O) groups is 1. The second kappa shape index (κ2) is 6.44. The zero-order valence-electron chi connectivity index (χ0n) is 9.14. The molecule has 16 heavy (non-hydrogen) atoms. The molecule has 0 saturated heterocycles. The highest BCUT2D eigenvalue weighted by Crippen LogP contribution is 2.05. The lowest BCUT2D eigenvalue weighted by Crippen LogP contribution is -2.25. The van der Waals surface area contributed by atoms with Gasteiger partial charge in [-0.25, -0.2) is 0 Å². The van der Waals surface area contributed by atoms with E-state index in [0.29, 0.717) is 11.4 Å². The Morgan fingerprint density at radius 2 is 2.12 bits per heavy atom. The van der Waals surface area contributed by atoms with E-state index in [9.17, 15) is 4.79 Å². The molecule has 0 aliphatic heterocycles. The van der Waals surface area contributed by atoms with Crippen molar-refractivity contribution in [3.8, 4) is 0 Å². The number of thioether (sulfide) groups is 1. The van der Waals surface area contributed by atoms with Gasteiger partial charge >= 0.3 is 0 Å². The Labute approximate surface area is 104 Å². The first-order valence-corrected chi connectivity index (χ1v) is 6.03. The molecule has 0 atom stereocenters. The third kappa shape index (κ3) is 4.16. The van der Waals surface area contributed by atoms with Crippen LogP contribution in [0.5, 0.6) is 0 Å². The SMILES string of the molecule is CN(C)C(=S)SCNC(=O)c1ccncc1. The number of amides is 1. The summed E-state index contributed by atoms with van der Waals surface area (Å²) in [4.78, 5) is 17.3. The number of thiocarbonyl (C=S) groups is 1. The molecule has 0 unspecified atom stereocenters. The van der Waals surface area contributed by atoms with E-state index < -0.39 is 0 Å². The highest BCUT2D eigenvalue weighted by molar-refractivity contribution is 8.22. The van der Waals surface area contributed by atoms with E-state index in [1.54, 1.807) is 24.5 Å². The summed E-state index contributed by atoms with van der Waals surface area (Å²) in [5.74, 6) is 0.356. The Balaban J connectivity index is 2.34. The van der Waals surface area contributed by atoms with E-state index in [4.69, 9.17) is 12.2 Å². The molecule has 0 spiro atoms. The van der Waals surface area contributed by atoms with Gasteiger partial charge < -0.3 is 10.2 Å².